The second kappa shape index (κ2) is 7.28. The zero-order valence-corrected chi connectivity index (χ0v) is 14.7. The fourth-order valence-electron chi connectivity index (χ4n) is 2.80. The lowest BCUT2D eigenvalue weighted by Gasteiger charge is -2.18. The average Bonchev–Trinajstić information content (AvgIpc) is 2.60. The van der Waals surface area contributed by atoms with Crippen molar-refractivity contribution in [2.75, 3.05) is 0 Å². The van der Waals surface area contributed by atoms with Crippen LogP contribution in [0.1, 0.15) is 42.8 Å². The number of rotatable bonds is 4. The number of nitrogens with two attached hydrogens (primary N) is 1. The van der Waals surface area contributed by atoms with Crippen LogP contribution in [-0.4, -0.2) is 9.55 Å². The Labute approximate surface area is 156 Å². The third-order valence-electron chi connectivity index (χ3n) is 4.00. The molecule has 9 heteroatoms. The molecule has 3 aromatic rings. The Morgan fingerprint density at radius 1 is 1.07 bits per heavy atom. The summed E-state index contributed by atoms with van der Waals surface area (Å²) in [5.41, 5.74) is 4.05. The zero-order chi connectivity index (χ0) is 19.9. The monoisotopic (exact) mass is 399 g/mol. The van der Waals surface area contributed by atoms with Gasteiger partial charge in [-0.1, -0.05) is 17.7 Å². The summed E-state index contributed by atoms with van der Waals surface area (Å²) in [6.07, 6.45) is -5.98. The quantitative estimate of drug-likeness (QED) is 0.632. The van der Waals surface area contributed by atoms with Gasteiger partial charge in [0.05, 0.1) is 27.7 Å². The van der Waals surface area contributed by atoms with Gasteiger partial charge >= 0.3 is 0 Å². The van der Waals surface area contributed by atoms with Crippen molar-refractivity contribution in [3.63, 3.8) is 0 Å². The maximum atomic E-state index is 13.2. The lowest BCUT2D eigenvalue weighted by molar-refractivity contribution is 0.144. The third-order valence-corrected chi connectivity index (χ3v) is 4.32. The van der Waals surface area contributed by atoms with Crippen LogP contribution in [0.4, 0.5) is 17.6 Å². The van der Waals surface area contributed by atoms with Crippen molar-refractivity contribution in [2.24, 2.45) is 5.73 Å². The summed E-state index contributed by atoms with van der Waals surface area (Å²) in [4.78, 5) is 17.3. The summed E-state index contributed by atoms with van der Waals surface area (Å²) < 4.78 is 53.7. The molecule has 0 spiro atoms. The molecule has 142 valence electrons. The van der Waals surface area contributed by atoms with Crippen molar-refractivity contribution in [1.29, 1.82) is 0 Å². The van der Waals surface area contributed by atoms with Crippen LogP contribution in [0.3, 0.4) is 0 Å². The third kappa shape index (κ3) is 3.54. The molecule has 0 aliphatic heterocycles. The minimum absolute atomic E-state index is 0.0430. The highest BCUT2D eigenvalue weighted by atomic mass is 35.5. The highest BCUT2D eigenvalue weighted by molar-refractivity contribution is 6.35. The summed E-state index contributed by atoms with van der Waals surface area (Å²) in [6.45, 7) is 1.54. The summed E-state index contributed by atoms with van der Waals surface area (Å²) in [5, 5.41) is 0.152. The van der Waals surface area contributed by atoms with E-state index in [-0.39, 0.29) is 27.4 Å². The molecule has 1 atom stereocenters. The van der Waals surface area contributed by atoms with Gasteiger partial charge in [-0.2, -0.15) is 0 Å². The van der Waals surface area contributed by atoms with Crippen LogP contribution in [-0.2, 0) is 0 Å². The fraction of sp³-hybridized carbons (Fsp3) is 0.222. The topological polar surface area (TPSA) is 60.9 Å². The summed E-state index contributed by atoms with van der Waals surface area (Å²) in [6, 6.07) is 6.49. The Hall–Kier alpha value is -2.45. The maximum absolute atomic E-state index is 13.2. The van der Waals surface area contributed by atoms with E-state index < -0.39 is 35.6 Å². The molecule has 27 heavy (non-hydrogen) atoms. The van der Waals surface area contributed by atoms with Crippen molar-refractivity contribution >= 4 is 22.5 Å². The Morgan fingerprint density at radius 2 is 1.67 bits per heavy atom. The predicted molar refractivity (Wildman–Crippen MR) is 94.9 cm³/mol. The highest BCUT2D eigenvalue weighted by Crippen LogP contribution is 2.30. The number of halogens is 5. The van der Waals surface area contributed by atoms with Gasteiger partial charge in [0.1, 0.15) is 5.82 Å². The van der Waals surface area contributed by atoms with Crippen LogP contribution in [0.25, 0.3) is 16.6 Å². The molecular formula is C18H14ClF4N3O. The summed E-state index contributed by atoms with van der Waals surface area (Å²) >= 11 is 6.09. The number of fused-ring (bicyclic) bond motifs is 1. The lowest BCUT2D eigenvalue weighted by Crippen LogP contribution is -2.28. The SMILES string of the molecule is CC(N)c1nc2cccc(Cl)c2c(=O)n1-c1cc(C(F)F)cc(C(F)F)c1. The predicted octanol–water partition coefficient (Wildman–Crippen LogP) is 4.93. The molecule has 3 rings (SSSR count). The minimum Gasteiger partial charge on any atom is -0.322 e. The molecule has 0 saturated carbocycles. The largest absolute Gasteiger partial charge is 0.322 e. The molecule has 2 N–H and O–H groups in total. The molecule has 0 fully saturated rings. The van der Waals surface area contributed by atoms with E-state index in [2.05, 4.69) is 4.98 Å². The Morgan fingerprint density at radius 3 is 2.19 bits per heavy atom. The molecule has 2 aromatic carbocycles. The van der Waals surface area contributed by atoms with Gasteiger partial charge in [-0.3, -0.25) is 9.36 Å². The second-order valence-corrected chi connectivity index (χ2v) is 6.40. The number of alkyl halides is 4. The van der Waals surface area contributed by atoms with Crippen molar-refractivity contribution in [3.8, 4) is 5.69 Å². The van der Waals surface area contributed by atoms with Gasteiger partial charge < -0.3 is 5.73 Å². The first kappa shape index (κ1) is 19.3. The molecular weight excluding hydrogens is 386 g/mol. The highest BCUT2D eigenvalue weighted by Gasteiger charge is 2.21. The number of hydrogen-bond donors (Lipinski definition) is 1. The lowest BCUT2D eigenvalue weighted by atomic mass is 10.1. The first-order valence-corrected chi connectivity index (χ1v) is 8.26. The normalized spacial score (nSPS) is 12.9. The Balaban J connectivity index is 2.43. The van der Waals surface area contributed by atoms with Crippen LogP contribution < -0.4 is 11.3 Å². The van der Waals surface area contributed by atoms with E-state index in [0.29, 0.717) is 6.07 Å². The van der Waals surface area contributed by atoms with Crippen molar-refractivity contribution in [2.45, 2.75) is 25.8 Å². The molecule has 0 bridgehead atoms. The molecule has 4 nitrogen and oxygen atoms in total. The zero-order valence-electron chi connectivity index (χ0n) is 14.0. The standard InChI is InChI=1S/C18H14ClF4N3O/c1-8(24)17-25-13-4-2-3-12(19)14(13)18(27)26(17)11-6-9(15(20)21)5-10(7-11)16(22)23/h2-8,15-16H,24H2,1H3. The van der Waals surface area contributed by atoms with Crippen LogP contribution >= 0.6 is 11.6 Å². The van der Waals surface area contributed by atoms with Gasteiger partial charge in [-0.15, -0.1) is 0 Å². The van der Waals surface area contributed by atoms with E-state index in [9.17, 15) is 22.4 Å². The molecule has 0 aliphatic carbocycles. The van der Waals surface area contributed by atoms with E-state index in [4.69, 9.17) is 17.3 Å². The Bertz CT molecular complexity index is 1040. The molecule has 0 amide bonds. The maximum Gasteiger partial charge on any atom is 0.267 e. The average molecular weight is 400 g/mol. The first-order chi connectivity index (χ1) is 12.7. The van der Waals surface area contributed by atoms with Gasteiger partial charge in [0.2, 0.25) is 0 Å². The summed E-state index contributed by atoms with van der Waals surface area (Å²) in [5.74, 6) is 0.0430. The smallest absolute Gasteiger partial charge is 0.267 e. The fourth-order valence-corrected chi connectivity index (χ4v) is 3.05. The molecule has 1 aromatic heterocycles. The van der Waals surface area contributed by atoms with Crippen LogP contribution in [0.15, 0.2) is 41.2 Å². The van der Waals surface area contributed by atoms with Crippen LogP contribution in [0.2, 0.25) is 5.02 Å². The number of benzene rings is 2. The van der Waals surface area contributed by atoms with E-state index in [1.165, 1.54) is 6.07 Å². The molecule has 0 saturated heterocycles. The molecule has 1 heterocycles. The number of hydrogen-bond acceptors (Lipinski definition) is 3. The van der Waals surface area contributed by atoms with Crippen LogP contribution in [0.5, 0.6) is 0 Å². The van der Waals surface area contributed by atoms with E-state index in [1.807, 2.05) is 0 Å². The Kier molecular flexibility index (Phi) is 5.21. The van der Waals surface area contributed by atoms with Crippen molar-refractivity contribution < 1.29 is 17.6 Å². The van der Waals surface area contributed by atoms with Gasteiger partial charge in [-0.05, 0) is 37.3 Å². The van der Waals surface area contributed by atoms with E-state index in [1.54, 1.807) is 19.1 Å². The van der Waals surface area contributed by atoms with Gasteiger partial charge in [0, 0.05) is 11.1 Å². The second-order valence-electron chi connectivity index (χ2n) is 5.99. The van der Waals surface area contributed by atoms with Crippen molar-refractivity contribution in [3.05, 3.63) is 68.7 Å². The van der Waals surface area contributed by atoms with E-state index >= 15 is 0 Å². The molecule has 0 aliphatic rings. The van der Waals surface area contributed by atoms with E-state index in [0.717, 1.165) is 16.7 Å². The number of aromatic nitrogens is 2. The van der Waals surface area contributed by atoms with Gasteiger partial charge in [0.15, 0.2) is 0 Å². The van der Waals surface area contributed by atoms with Crippen molar-refractivity contribution in [1.82, 2.24) is 9.55 Å². The summed E-state index contributed by atoms with van der Waals surface area (Å²) in [7, 11) is 0. The van der Waals surface area contributed by atoms with Gasteiger partial charge in [-0.25, -0.2) is 22.5 Å². The minimum atomic E-state index is -2.99. The number of nitrogens with zero attached hydrogens (tertiary/aromatic N) is 2. The first-order valence-electron chi connectivity index (χ1n) is 7.89. The van der Waals surface area contributed by atoms with Gasteiger partial charge in [0.25, 0.3) is 18.4 Å². The molecule has 0 radical (unpaired) electrons. The molecule has 1 unspecified atom stereocenters. The van der Waals surface area contributed by atoms with Crippen LogP contribution in [0, 0.1) is 0 Å².